The van der Waals surface area contributed by atoms with Crippen LogP contribution in [0.15, 0.2) is 36.5 Å². The zero-order chi connectivity index (χ0) is 19.7. The molecule has 0 aromatic carbocycles. The van der Waals surface area contributed by atoms with Crippen LogP contribution in [-0.2, 0) is 0 Å². The van der Waals surface area contributed by atoms with Crippen molar-refractivity contribution in [2.75, 3.05) is 6.61 Å². The van der Waals surface area contributed by atoms with Gasteiger partial charge in [-0.05, 0) is 50.4 Å². The van der Waals surface area contributed by atoms with Crippen molar-refractivity contribution in [3.63, 3.8) is 0 Å². The van der Waals surface area contributed by atoms with E-state index in [1.807, 2.05) is 18.2 Å². The second kappa shape index (κ2) is 16.1. The Morgan fingerprint density at radius 1 is 0.889 bits per heavy atom. The number of allylic oxidation sites excluding steroid dienone is 5. The molecule has 0 saturated heterocycles. The van der Waals surface area contributed by atoms with Crippen LogP contribution >= 0.6 is 0 Å². The third-order valence-corrected chi connectivity index (χ3v) is 5.59. The molecule has 27 heavy (non-hydrogen) atoms. The van der Waals surface area contributed by atoms with E-state index in [9.17, 15) is 10.2 Å². The summed E-state index contributed by atoms with van der Waals surface area (Å²) in [6.07, 6.45) is 24.4. The van der Waals surface area contributed by atoms with E-state index >= 15 is 0 Å². The second-order valence-electron chi connectivity index (χ2n) is 7.95. The number of aliphatic hydroxyl groups excluding tert-OH is 3. The van der Waals surface area contributed by atoms with Gasteiger partial charge in [-0.25, -0.2) is 0 Å². The molecule has 0 bridgehead atoms. The molecule has 0 saturated carbocycles. The Morgan fingerprint density at radius 3 is 2.37 bits per heavy atom. The predicted molar refractivity (Wildman–Crippen MR) is 115 cm³/mol. The van der Waals surface area contributed by atoms with Crippen molar-refractivity contribution in [1.29, 1.82) is 0 Å². The lowest BCUT2D eigenvalue weighted by Crippen LogP contribution is -2.28. The molecule has 0 aliphatic heterocycles. The smallest absolute Gasteiger partial charge is 0.0723 e. The number of aliphatic hydroxyl groups is 3. The van der Waals surface area contributed by atoms with Crippen molar-refractivity contribution in [2.24, 2.45) is 11.8 Å². The van der Waals surface area contributed by atoms with Crippen LogP contribution in [0.5, 0.6) is 0 Å². The highest BCUT2D eigenvalue weighted by molar-refractivity contribution is 5.10. The van der Waals surface area contributed by atoms with Crippen molar-refractivity contribution in [3.8, 4) is 0 Å². The summed E-state index contributed by atoms with van der Waals surface area (Å²) in [6.45, 7) is 2.43. The standard InChI is InChI=1S/C24H42O3/c1-2-3-4-5-6-7-16-22(26)17-10-8-14-21-15-9-11-18-23(21)24(27)19-12-13-20-25/h8-11,14,17,21-27H,2-7,12-13,15-16,18-20H2,1H3/b14-8+,17-10+/t21-,22?,23+,24?/m1/s1. The minimum atomic E-state index is -0.355. The third kappa shape index (κ3) is 11.5. The van der Waals surface area contributed by atoms with Crippen LogP contribution in [0, 0.1) is 11.8 Å². The zero-order valence-corrected chi connectivity index (χ0v) is 17.3. The van der Waals surface area contributed by atoms with Gasteiger partial charge in [0.1, 0.15) is 0 Å². The van der Waals surface area contributed by atoms with E-state index in [1.54, 1.807) is 0 Å². The van der Waals surface area contributed by atoms with Gasteiger partial charge in [-0.1, -0.05) is 81.9 Å². The van der Waals surface area contributed by atoms with Crippen molar-refractivity contribution >= 4 is 0 Å². The maximum Gasteiger partial charge on any atom is 0.0723 e. The largest absolute Gasteiger partial charge is 0.396 e. The van der Waals surface area contributed by atoms with Crippen LogP contribution in [0.4, 0.5) is 0 Å². The molecule has 0 fully saturated rings. The number of hydrogen-bond acceptors (Lipinski definition) is 3. The molecule has 0 radical (unpaired) electrons. The zero-order valence-electron chi connectivity index (χ0n) is 17.3. The maximum atomic E-state index is 10.5. The summed E-state index contributed by atoms with van der Waals surface area (Å²) in [5.74, 6) is 0.603. The normalized spacial score (nSPS) is 22.7. The van der Waals surface area contributed by atoms with Crippen molar-refractivity contribution < 1.29 is 15.3 Å². The van der Waals surface area contributed by atoms with Gasteiger partial charge in [0, 0.05) is 6.61 Å². The number of rotatable bonds is 15. The van der Waals surface area contributed by atoms with Gasteiger partial charge in [0.2, 0.25) is 0 Å². The highest BCUT2D eigenvalue weighted by Crippen LogP contribution is 2.31. The molecule has 1 rings (SSSR count). The summed E-state index contributed by atoms with van der Waals surface area (Å²) in [7, 11) is 0. The van der Waals surface area contributed by atoms with Crippen molar-refractivity contribution in [1.82, 2.24) is 0 Å². The first-order valence-electron chi connectivity index (χ1n) is 11.2. The van der Waals surface area contributed by atoms with E-state index in [1.165, 1.54) is 32.1 Å². The molecule has 3 nitrogen and oxygen atoms in total. The fourth-order valence-electron chi connectivity index (χ4n) is 3.83. The summed E-state index contributed by atoms with van der Waals surface area (Å²) in [5, 5.41) is 29.4. The Hall–Kier alpha value is -0.900. The van der Waals surface area contributed by atoms with Gasteiger partial charge in [0.25, 0.3) is 0 Å². The fraction of sp³-hybridized carbons (Fsp3) is 0.750. The van der Waals surface area contributed by atoms with Crippen LogP contribution in [0.1, 0.15) is 84.0 Å². The molecule has 3 heteroatoms. The molecule has 156 valence electrons. The molecule has 1 aliphatic carbocycles. The molecule has 1 aliphatic rings. The van der Waals surface area contributed by atoms with E-state index in [-0.39, 0.29) is 24.7 Å². The summed E-state index contributed by atoms with van der Waals surface area (Å²) < 4.78 is 0. The molecular weight excluding hydrogens is 336 g/mol. The van der Waals surface area contributed by atoms with Gasteiger partial charge in [0.15, 0.2) is 0 Å². The minimum absolute atomic E-state index is 0.201. The van der Waals surface area contributed by atoms with E-state index in [0.29, 0.717) is 5.92 Å². The molecule has 0 spiro atoms. The van der Waals surface area contributed by atoms with Crippen LogP contribution in [0.25, 0.3) is 0 Å². The fourth-order valence-corrected chi connectivity index (χ4v) is 3.83. The van der Waals surface area contributed by atoms with E-state index in [2.05, 4.69) is 25.2 Å². The van der Waals surface area contributed by atoms with Crippen LogP contribution in [-0.4, -0.2) is 34.1 Å². The quantitative estimate of drug-likeness (QED) is 0.205. The molecule has 0 aromatic rings. The van der Waals surface area contributed by atoms with E-state index in [0.717, 1.165) is 44.9 Å². The molecule has 0 heterocycles. The van der Waals surface area contributed by atoms with Gasteiger partial charge in [0.05, 0.1) is 12.2 Å². The molecule has 2 unspecified atom stereocenters. The highest BCUT2D eigenvalue weighted by atomic mass is 16.3. The lowest BCUT2D eigenvalue weighted by Gasteiger charge is -2.30. The molecule has 0 amide bonds. The molecule has 0 aromatic heterocycles. The first-order chi connectivity index (χ1) is 13.2. The van der Waals surface area contributed by atoms with Crippen LogP contribution in [0.2, 0.25) is 0 Å². The van der Waals surface area contributed by atoms with Gasteiger partial charge in [-0.15, -0.1) is 0 Å². The monoisotopic (exact) mass is 378 g/mol. The SMILES string of the molecule is CCCCCCCCC(O)/C=C/C=C/[C@@H]1CC=CC[C@@H]1C(O)CCCCO. The molecular formula is C24H42O3. The first kappa shape index (κ1) is 24.1. The van der Waals surface area contributed by atoms with E-state index < -0.39 is 0 Å². The maximum absolute atomic E-state index is 10.5. The minimum Gasteiger partial charge on any atom is -0.396 e. The van der Waals surface area contributed by atoms with Gasteiger partial charge in [-0.2, -0.15) is 0 Å². The third-order valence-electron chi connectivity index (χ3n) is 5.59. The average Bonchev–Trinajstić information content (AvgIpc) is 2.68. The first-order valence-corrected chi connectivity index (χ1v) is 11.2. The second-order valence-corrected chi connectivity index (χ2v) is 7.95. The Kier molecular flexibility index (Phi) is 14.4. The van der Waals surface area contributed by atoms with E-state index in [4.69, 9.17) is 5.11 Å². The van der Waals surface area contributed by atoms with Crippen molar-refractivity contribution in [2.45, 2.75) is 96.2 Å². The average molecular weight is 379 g/mol. The number of hydrogen-bond donors (Lipinski definition) is 3. The lowest BCUT2D eigenvalue weighted by molar-refractivity contribution is 0.0717. The summed E-state index contributed by atoms with van der Waals surface area (Å²) >= 11 is 0. The van der Waals surface area contributed by atoms with Gasteiger partial charge in [-0.3, -0.25) is 0 Å². The predicted octanol–water partition coefficient (Wildman–Crippen LogP) is 5.32. The molecule has 3 N–H and O–H groups in total. The Balaban J connectivity index is 2.31. The van der Waals surface area contributed by atoms with Crippen LogP contribution in [0.3, 0.4) is 0 Å². The molecule has 4 atom stereocenters. The Labute approximate surface area is 166 Å². The van der Waals surface area contributed by atoms with Crippen molar-refractivity contribution in [3.05, 3.63) is 36.5 Å². The Bertz CT molecular complexity index is 427. The number of unbranched alkanes of at least 4 members (excludes halogenated alkanes) is 6. The summed E-state index contributed by atoms with van der Waals surface area (Å²) in [6, 6.07) is 0. The van der Waals surface area contributed by atoms with Crippen LogP contribution < -0.4 is 0 Å². The topological polar surface area (TPSA) is 60.7 Å². The lowest BCUT2D eigenvalue weighted by atomic mass is 9.78. The van der Waals surface area contributed by atoms with Gasteiger partial charge >= 0.3 is 0 Å². The Morgan fingerprint density at radius 2 is 1.59 bits per heavy atom. The highest BCUT2D eigenvalue weighted by Gasteiger charge is 2.26. The van der Waals surface area contributed by atoms with Gasteiger partial charge < -0.3 is 15.3 Å². The summed E-state index contributed by atoms with van der Waals surface area (Å²) in [5.41, 5.74) is 0. The summed E-state index contributed by atoms with van der Waals surface area (Å²) in [4.78, 5) is 0.